The average Bonchev–Trinajstić information content (AvgIpc) is 2.41. The van der Waals surface area contributed by atoms with Crippen molar-refractivity contribution < 1.29 is 19.4 Å². The molecule has 19 heavy (non-hydrogen) atoms. The standard InChI is InChI=1S/C13H16BrNO4/c1-18-9-3-2-4-10(6-9)19-12-11(13(16)17)5-8(14)7-15-12/h5,7,9-10H,2-4,6H2,1H3,(H,16,17). The number of aromatic nitrogens is 1. The zero-order chi connectivity index (χ0) is 13.8. The van der Waals surface area contributed by atoms with E-state index in [9.17, 15) is 4.79 Å². The summed E-state index contributed by atoms with van der Waals surface area (Å²) in [5, 5.41) is 9.15. The van der Waals surface area contributed by atoms with Crippen molar-refractivity contribution in [2.24, 2.45) is 0 Å². The van der Waals surface area contributed by atoms with Crippen LogP contribution < -0.4 is 4.74 Å². The highest BCUT2D eigenvalue weighted by molar-refractivity contribution is 9.10. The number of carbonyl (C=O) groups is 1. The van der Waals surface area contributed by atoms with Gasteiger partial charge in [-0.2, -0.15) is 0 Å². The summed E-state index contributed by atoms with van der Waals surface area (Å²) in [6, 6.07) is 1.50. The molecule has 0 aromatic carbocycles. The predicted octanol–water partition coefficient (Wildman–Crippen LogP) is 2.88. The number of ether oxygens (including phenoxy) is 2. The molecule has 1 saturated carbocycles. The highest BCUT2D eigenvalue weighted by Crippen LogP contribution is 2.27. The number of carboxylic acid groups (broad SMARTS) is 1. The highest BCUT2D eigenvalue weighted by Gasteiger charge is 2.25. The second-order valence-electron chi connectivity index (χ2n) is 4.58. The highest BCUT2D eigenvalue weighted by atomic mass is 79.9. The fourth-order valence-corrected chi connectivity index (χ4v) is 2.59. The molecule has 5 nitrogen and oxygen atoms in total. The van der Waals surface area contributed by atoms with Crippen LogP contribution in [-0.4, -0.2) is 35.4 Å². The van der Waals surface area contributed by atoms with Crippen LogP contribution in [0.3, 0.4) is 0 Å². The first kappa shape index (κ1) is 14.3. The molecule has 0 spiro atoms. The van der Waals surface area contributed by atoms with Gasteiger partial charge >= 0.3 is 5.97 Å². The monoisotopic (exact) mass is 329 g/mol. The summed E-state index contributed by atoms with van der Waals surface area (Å²) in [5.41, 5.74) is 0.0777. The number of rotatable bonds is 4. The van der Waals surface area contributed by atoms with Crippen LogP contribution in [0.25, 0.3) is 0 Å². The van der Waals surface area contributed by atoms with Gasteiger partial charge in [0.15, 0.2) is 0 Å². The van der Waals surface area contributed by atoms with Crippen molar-refractivity contribution >= 4 is 21.9 Å². The molecule has 0 radical (unpaired) electrons. The summed E-state index contributed by atoms with van der Waals surface area (Å²) in [5.74, 6) is -0.861. The second kappa shape index (κ2) is 6.34. The van der Waals surface area contributed by atoms with Gasteiger partial charge in [-0.1, -0.05) is 0 Å². The van der Waals surface area contributed by atoms with E-state index < -0.39 is 5.97 Å². The van der Waals surface area contributed by atoms with Crippen molar-refractivity contribution in [1.29, 1.82) is 0 Å². The van der Waals surface area contributed by atoms with E-state index in [1.807, 2.05) is 0 Å². The van der Waals surface area contributed by atoms with Gasteiger partial charge in [0, 0.05) is 24.2 Å². The van der Waals surface area contributed by atoms with E-state index in [-0.39, 0.29) is 23.7 Å². The summed E-state index contributed by atoms with van der Waals surface area (Å²) >= 11 is 3.21. The van der Waals surface area contributed by atoms with Crippen LogP contribution in [0.4, 0.5) is 0 Å². The summed E-state index contributed by atoms with van der Waals surface area (Å²) in [6.07, 6.45) is 5.40. The molecule has 104 valence electrons. The second-order valence-corrected chi connectivity index (χ2v) is 5.49. The van der Waals surface area contributed by atoms with Crippen molar-refractivity contribution in [2.75, 3.05) is 7.11 Å². The number of hydrogen-bond donors (Lipinski definition) is 1. The predicted molar refractivity (Wildman–Crippen MR) is 72.6 cm³/mol. The fraction of sp³-hybridized carbons (Fsp3) is 0.538. The number of aromatic carboxylic acids is 1. The maximum atomic E-state index is 11.2. The Hall–Kier alpha value is -1.14. The molecule has 2 atom stereocenters. The molecule has 0 amide bonds. The lowest BCUT2D eigenvalue weighted by Gasteiger charge is -2.28. The molecule has 0 bridgehead atoms. The minimum Gasteiger partial charge on any atom is -0.477 e. The smallest absolute Gasteiger partial charge is 0.341 e. The molecule has 2 unspecified atom stereocenters. The molecule has 1 aromatic heterocycles. The van der Waals surface area contributed by atoms with Gasteiger partial charge in [0.1, 0.15) is 11.7 Å². The molecule has 6 heteroatoms. The van der Waals surface area contributed by atoms with Gasteiger partial charge in [0.05, 0.1) is 6.10 Å². The van der Waals surface area contributed by atoms with Crippen LogP contribution in [0, 0.1) is 0 Å². The zero-order valence-electron chi connectivity index (χ0n) is 10.6. The third-order valence-electron chi connectivity index (χ3n) is 3.24. The van der Waals surface area contributed by atoms with E-state index in [1.165, 1.54) is 6.07 Å². The first-order valence-corrected chi connectivity index (χ1v) is 6.97. The van der Waals surface area contributed by atoms with E-state index in [4.69, 9.17) is 14.6 Å². The number of methoxy groups -OCH3 is 1. The Kier molecular flexibility index (Phi) is 4.76. The Labute approximate surface area is 120 Å². The lowest BCUT2D eigenvalue weighted by atomic mass is 9.95. The summed E-state index contributed by atoms with van der Waals surface area (Å²) in [4.78, 5) is 15.2. The molecule has 1 aliphatic carbocycles. The normalized spacial score (nSPS) is 23.1. The number of pyridine rings is 1. The number of hydrogen-bond acceptors (Lipinski definition) is 4. The lowest BCUT2D eigenvalue weighted by molar-refractivity contribution is 0.0189. The van der Waals surface area contributed by atoms with E-state index in [0.717, 1.165) is 25.7 Å². The third-order valence-corrected chi connectivity index (χ3v) is 3.67. The van der Waals surface area contributed by atoms with Crippen molar-refractivity contribution in [2.45, 2.75) is 37.9 Å². The summed E-state index contributed by atoms with van der Waals surface area (Å²) < 4.78 is 11.7. The van der Waals surface area contributed by atoms with Gasteiger partial charge in [-0.05, 0) is 41.3 Å². The van der Waals surface area contributed by atoms with Crippen molar-refractivity contribution in [3.8, 4) is 5.88 Å². The molecule has 0 saturated heterocycles. The molecular formula is C13H16BrNO4. The van der Waals surface area contributed by atoms with E-state index >= 15 is 0 Å². The van der Waals surface area contributed by atoms with Crippen LogP contribution in [-0.2, 0) is 4.74 Å². The van der Waals surface area contributed by atoms with Gasteiger partial charge in [0.25, 0.3) is 0 Å². The van der Waals surface area contributed by atoms with Crippen molar-refractivity contribution in [3.05, 3.63) is 22.3 Å². The lowest BCUT2D eigenvalue weighted by Crippen LogP contribution is -2.30. The first-order chi connectivity index (χ1) is 9.10. The van der Waals surface area contributed by atoms with Gasteiger partial charge < -0.3 is 14.6 Å². The van der Waals surface area contributed by atoms with Crippen LogP contribution >= 0.6 is 15.9 Å². The fourth-order valence-electron chi connectivity index (χ4n) is 2.25. The Balaban J connectivity index is 2.12. The summed E-state index contributed by atoms with van der Waals surface area (Å²) in [7, 11) is 1.69. The number of carboxylic acids is 1. The van der Waals surface area contributed by atoms with Gasteiger partial charge in [0.2, 0.25) is 5.88 Å². The Morgan fingerprint density at radius 1 is 1.47 bits per heavy atom. The molecule has 0 aliphatic heterocycles. The summed E-state index contributed by atoms with van der Waals surface area (Å²) in [6.45, 7) is 0. The van der Waals surface area contributed by atoms with Crippen LogP contribution in [0.1, 0.15) is 36.0 Å². The molecule has 1 aliphatic rings. The maximum Gasteiger partial charge on any atom is 0.341 e. The molecule has 1 N–H and O–H groups in total. The number of halogens is 1. The Bertz CT molecular complexity index is 466. The molecule has 2 rings (SSSR count). The van der Waals surface area contributed by atoms with E-state index in [1.54, 1.807) is 13.3 Å². The zero-order valence-corrected chi connectivity index (χ0v) is 12.2. The SMILES string of the molecule is COC1CCCC(Oc2ncc(Br)cc2C(=O)O)C1. The minimum atomic E-state index is -1.04. The van der Waals surface area contributed by atoms with Gasteiger partial charge in [-0.15, -0.1) is 0 Å². The van der Waals surface area contributed by atoms with Gasteiger partial charge in [-0.3, -0.25) is 0 Å². The average molecular weight is 330 g/mol. The quantitative estimate of drug-likeness (QED) is 0.919. The largest absolute Gasteiger partial charge is 0.477 e. The topological polar surface area (TPSA) is 68.7 Å². The van der Waals surface area contributed by atoms with Crippen LogP contribution in [0.15, 0.2) is 16.7 Å². The Morgan fingerprint density at radius 2 is 2.21 bits per heavy atom. The minimum absolute atomic E-state index is 0.0366. The van der Waals surface area contributed by atoms with Crippen LogP contribution in [0.5, 0.6) is 5.88 Å². The molecule has 1 heterocycles. The molecule has 1 aromatic rings. The molecule has 1 fully saturated rings. The third kappa shape index (κ3) is 3.67. The van der Waals surface area contributed by atoms with E-state index in [2.05, 4.69) is 20.9 Å². The van der Waals surface area contributed by atoms with Crippen molar-refractivity contribution in [1.82, 2.24) is 4.98 Å². The number of nitrogens with zero attached hydrogens (tertiary/aromatic N) is 1. The van der Waals surface area contributed by atoms with Crippen molar-refractivity contribution in [3.63, 3.8) is 0 Å². The van der Waals surface area contributed by atoms with Gasteiger partial charge in [-0.25, -0.2) is 9.78 Å². The van der Waals surface area contributed by atoms with E-state index in [0.29, 0.717) is 4.47 Å². The maximum absolute atomic E-state index is 11.2. The molecular weight excluding hydrogens is 314 g/mol. The Morgan fingerprint density at radius 3 is 2.89 bits per heavy atom. The first-order valence-electron chi connectivity index (χ1n) is 6.18. The van der Waals surface area contributed by atoms with Crippen LogP contribution in [0.2, 0.25) is 0 Å².